The van der Waals surface area contributed by atoms with E-state index in [1.807, 2.05) is 0 Å². The molecular weight excluding hydrogens is 351 g/mol. The number of benzene rings is 1. The SMILES string of the molecule is COCCNC(=O)CN1CCN(CC(=O)N(C)Cc2ccccc2F)CC1. The molecule has 0 saturated carbocycles. The third-order valence-electron chi connectivity index (χ3n) is 4.61. The van der Waals surface area contributed by atoms with E-state index in [9.17, 15) is 14.0 Å². The minimum atomic E-state index is -0.297. The molecule has 0 aliphatic carbocycles. The number of nitrogens with zero attached hydrogens (tertiary/aromatic N) is 3. The zero-order chi connectivity index (χ0) is 19.6. The molecule has 7 nitrogen and oxygen atoms in total. The highest BCUT2D eigenvalue weighted by Crippen LogP contribution is 2.09. The topological polar surface area (TPSA) is 65.1 Å². The van der Waals surface area contributed by atoms with Crippen LogP contribution in [0.4, 0.5) is 4.39 Å². The zero-order valence-corrected chi connectivity index (χ0v) is 16.1. The number of ether oxygens (including phenoxy) is 1. The van der Waals surface area contributed by atoms with Crippen molar-refractivity contribution in [2.75, 3.05) is 66.6 Å². The van der Waals surface area contributed by atoms with Crippen molar-refractivity contribution < 1.29 is 18.7 Å². The number of nitrogens with one attached hydrogen (secondary N) is 1. The van der Waals surface area contributed by atoms with Gasteiger partial charge >= 0.3 is 0 Å². The largest absolute Gasteiger partial charge is 0.383 e. The molecule has 0 bridgehead atoms. The minimum Gasteiger partial charge on any atom is -0.383 e. The van der Waals surface area contributed by atoms with Gasteiger partial charge in [-0.3, -0.25) is 19.4 Å². The van der Waals surface area contributed by atoms with E-state index < -0.39 is 0 Å². The normalized spacial score (nSPS) is 15.5. The van der Waals surface area contributed by atoms with Crippen LogP contribution in [0.2, 0.25) is 0 Å². The van der Waals surface area contributed by atoms with Gasteiger partial charge in [-0.1, -0.05) is 18.2 Å². The average Bonchev–Trinajstić information content (AvgIpc) is 2.65. The van der Waals surface area contributed by atoms with E-state index in [0.717, 1.165) is 26.2 Å². The number of likely N-dealkylation sites (N-methyl/N-ethyl adjacent to an activating group) is 1. The summed E-state index contributed by atoms with van der Waals surface area (Å²) in [5.41, 5.74) is 0.512. The van der Waals surface area contributed by atoms with Crippen molar-refractivity contribution in [1.29, 1.82) is 0 Å². The number of carbonyl (C=O) groups is 2. The Hall–Kier alpha value is -2.03. The summed E-state index contributed by atoms with van der Waals surface area (Å²) in [5, 5.41) is 2.81. The number of halogens is 1. The molecule has 1 heterocycles. The van der Waals surface area contributed by atoms with Crippen LogP contribution in [0.5, 0.6) is 0 Å². The second-order valence-corrected chi connectivity index (χ2v) is 6.74. The standard InChI is InChI=1S/C19H29FN4O3/c1-22(13-16-5-3-4-6-17(16)20)19(26)15-24-10-8-23(9-11-24)14-18(25)21-7-12-27-2/h3-6H,7-15H2,1-2H3,(H,21,25). The van der Waals surface area contributed by atoms with Gasteiger partial charge in [-0.2, -0.15) is 0 Å². The summed E-state index contributed by atoms with van der Waals surface area (Å²) < 4.78 is 18.6. The Kier molecular flexibility index (Phi) is 8.63. The fourth-order valence-corrected chi connectivity index (χ4v) is 2.94. The predicted molar refractivity (Wildman–Crippen MR) is 101 cm³/mol. The van der Waals surface area contributed by atoms with E-state index >= 15 is 0 Å². The van der Waals surface area contributed by atoms with E-state index in [1.165, 1.54) is 6.07 Å². The van der Waals surface area contributed by atoms with Gasteiger partial charge in [0, 0.05) is 59.0 Å². The van der Waals surface area contributed by atoms with Gasteiger partial charge in [0.15, 0.2) is 0 Å². The van der Waals surface area contributed by atoms with Gasteiger partial charge in [-0.05, 0) is 6.07 Å². The highest BCUT2D eigenvalue weighted by molar-refractivity contribution is 5.78. The lowest BCUT2D eigenvalue weighted by atomic mass is 10.2. The van der Waals surface area contributed by atoms with Gasteiger partial charge in [0.2, 0.25) is 11.8 Å². The van der Waals surface area contributed by atoms with E-state index in [-0.39, 0.29) is 24.2 Å². The summed E-state index contributed by atoms with van der Waals surface area (Å²) in [5.74, 6) is -0.347. The van der Waals surface area contributed by atoms with Gasteiger partial charge in [0.25, 0.3) is 0 Å². The molecule has 1 aromatic rings. The Labute approximate surface area is 160 Å². The number of methoxy groups -OCH3 is 1. The van der Waals surface area contributed by atoms with Crippen LogP contribution in [0.1, 0.15) is 5.56 Å². The Morgan fingerprint density at radius 3 is 2.41 bits per heavy atom. The maximum absolute atomic E-state index is 13.7. The molecule has 1 saturated heterocycles. The fraction of sp³-hybridized carbons (Fsp3) is 0.579. The molecule has 0 unspecified atom stereocenters. The van der Waals surface area contributed by atoms with Crippen LogP contribution in [0.3, 0.4) is 0 Å². The number of hydrogen-bond acceptors (Lipinski definition) is 5. The zero-order valence-electron chi connectivity index (χ0n) is 16.1. The van der Waals surface area contributed by atoms with Crippen molar-refractivity contribution in [2.45, 2.75) is 6.54 Å². The molecule has 0 atom stereocenters. The van der Waals surface area contributed by atoms with Crippen LogP contribution in [0.25, 0.3) is 0 Å². The van der Waals surface area contributed by atoms with E-state index in [0.29, 0.717) is 31.8 Å². The third-order valence-corrected chi connectivity index (χ3v) is 4.61. The molecule has 0 radical (unpaired) electrons. The summed E-state index contributed by atoms with van der Waals surface area (Å²) >= 11 is 0. The molecule has 0 spiro atoms. The van der Waals surface area contributed by atoms with Crippen molar-refractivity contribution in [3.8, 4) is 0 Å². The molecule has 8 heteroatoms. The van der Waals surface area contributed by atoms with Gasteiger partial charge < -0.3 is 15.0 Å². The molecule has 1 aromatic carbocycles. The molecule has 1 aliphatic heterocycles. The molecule has 2 rings (SSSR count). The average molecular weight is 380 g/mol. The van der Waals surface area contributed by atoms with Gasteiger partial charge in [-0.25, -0.2) is 4.39 Å². The molecule has 1 aliphatic rings. The smallest absolute Gasteiger partial charge is 0.236 e. The molecule has 1 N–H and O–H groups in total. The number of carbonyl (C=O) groups excluding carboxylic acids is 2. The lowest BCUT2D eigenvalue weighted by molar-refractivity contribution is -0.132. The first-order valence-corrected chi connectivity index (χ1v) is 9.17. The van der Waals surface area contributed by atoms with Crippen molar-refractivity contribution in [2.24, 2.45) is 0 Å². The second-order valence-electron chi connectivity index (χ2n) is 6.74. The van der Waals surface area contributed by atoms with Crippen molar-refractivity contribution >= 4 is 11.8 Å². The minimum absolute atomic E-state index is 0.0128. The monoisotopic (exact) mass is 380 g/mol. The number of amides is 2. The second kappa shape index (κ2) is 11.0. The molecule has 2 amide bonds. The van der Waals surface area contributed by atoms with Crippen molar-refractivity contribution in [3.05, 3.63) is 35.6 Å². The van der Waals surface area contributed by atoms with Crippen LogP contribution in [0.15, 0.2) is 24.3 Å². The van der Waals surface area contributed by atoms with Gasteiger partial charge in [-0.15, -0.1) is 0 Å². The summed E-state index contributed by atoms with van der Waals surface area (Å²) in [6.07, 6.45) is 0. The lowest BCUT2D eigenvalue weighted by Gasteiger charge is -2.34. The number of hydrogen-bond donors (Lipinski definition) is 1. The third kappa shape index (κ3) is 7.24. The highest BCUT2D eigenvalue weighted by Gasteiger charge is 2.22. The molecule has 27 heavy (non-hydrogen) atoms. The first-order valence-electron chi connectivity index (χ1n) is 9.17. The van der Waals surface area contributed by atoms with Crippen LogP contribution in [-0.4, -0.2) is 93.1 Å². The molecule has 0 aromatic heterocycles. The quantitative estimate of drug-likeness (QED) is 0.619. The maximum Gasteiger partial charge on any atom is 0.236 e. The fourth-order valence-electron chi connectivity index (χ4n) is 2.94. The van der Waals surface area contributed by atoms with E-state index in [2.05, 4.69) is 15.1 Å². The molecule has 1 fully saturated rings. The molecule has 150 valence electrons. The van der Waals surface area contributed by atoms with Crippen LogP contribution < -0.4 is 5.32 Å². The van der Waals surface area contributed by atoms with E-state index in [1.54, 1.807) is 37.3 Å². The van der Waals surface area contributed by atoms with Gasteiger partial charge in [0.05, 0.1) is 19.7 Å². The summed E-state index contributed by atoms with van der Waals surface area (Å²) in [6, 6.07) is 6.49. The van der Waals surface area contributed by atoms with Crippen molar-refractivity contribution in [1.82, 2.24) is 20.0 Å². The first kappa shape index (κ1) is 21.3. The number of rotatable bonds is 9. The Balaban J connectivity index is 1.69. The Morgan fingerprint density at radius 2 is 1.78 bits per heavy atom. The Bertz CT molecular complexity index is 621. The number of piperazine rings is 1. The summed E-state index contributed by atoms with van der Waals surface area (Å²) in [4.78, 5) is 29.9. The highest BCUT2D eigenvalue weighted by atomic mass is 19.1. The lowest BCUT2D eigenvalue weighted by Crippen LogP contribution is -2.51. The summed E-state index contributed by atoms with van der Waals surface area (Å²) in [6.45, 7) is 4.87. The maximum atomic E-state index is 13.7. The first-order chi connectivity index (χ1) is 13.0. The van der Waals surface area contributed by atoms with E-state index in [4.69, 9.17) is 4.74 Å². The molecular formula is C19H29FN4O3. The van der Waals surface area contributed by atoms with Crippen LogP contribution in [-0.2, 0) is 20.9 Å². The summed E-state index contributed by atoms with van der Waals surface area (Å²) in [7, 11) is 3.29. The van der Waals surface area contributed by atoms with Gasteiger partial charge in [0.1, 0.15) is 5.82 Å². The van der Waals surface area contributed by atoms with Crippen LogP contribution >= 0.6 is 0 Å². The Morgan fingerprint density at radius 1 is 1.15 bits per heavy atom. The predicted octanol–water partition coefficient (Wildman–Crippen LogP) is 0.164. The van der Waals surface area contributed by atoms with Crippen LogP contribution in [0, 0.1) is 5.82 Å². The van der Waals surface area contributed by atoms with Crippen molar-refractivity contribution in [3.63, 3.8) is 0 Å².